The van der Waals surface area contributed by atoms with Crippen LogP contribution in [0, 0.1) is 0 Å². The molecule has 1 atom stereocenters. The second kappa shape index (κ2) is 4.59. The maximum atomic E-state index is 11.8. The Labute approximate surface area is 109 Å². The van der Waals surface area contributed by atoms with E-state index in [9.17, 15) is 9.59 Å². The lowest BCUT2D eigenvalue weighted by Gasteiger charge is -2.37. The number of carbonyl (C=O) groups is 2. The smallest absolute Gasteiger partial charge is 0.337 e. The summed E-state index contributed by atoms with van der Waals surface area (Å²) in [6, 6.07) is 6.81. The summed E-state index contributed by atoms with van der Waals surface area (Å²) in [5, 5.41) is 9.53. The van der Waals surface area contributed by atoms with Crippen molar-refractivity contribution >= 4 is 29.2 Å². The summed E-state index contributed by atoms with van der Waals surface area (Å²) in [4.78, 5) is 24.3. The number of amides is 1. The lowest BCUT2D eigenvalue weighted by Crippen LogP contribution is -2.57. The number of benzene rings is 1. The van der Waals surface area contributed by atoms with Gasteiger partial charge in [-0.05, 0) is 19.1 Å². The SMILES string of the molecule is CC1(C(=O)O)CN(c2ccccc2Cl)C(=O)CO1. The number of carbonyl (C=O) groups excluding carboxylic acids is 1. The van der Waals surface area contributed by atoms with Gasteiger partial charge in [0.1, 0.15) is 6.61 Å². The fraction of sp³-hybridized carbons (Fsp3) is 0.333. The molecule has 0 radical (unpaired) electrons. The topological polar surface area (TPSA) is 66.8 Å². The predicted molar refractivity (Wildman–Crippen MR) is 65.8 cm³/mol. The number of carboxylic acid groups (broad SMARTS) is 1. The molecule has 5 nitrogen and oxygen atoms in total. The van der Waals surface area contributed by atoms with Crippen molar-refractivity contribution in [3.05, 3.63) is 29.3 Å². The summed E-state index contributed by atoms with van der Waals surface area (Å²) in [6.07, 6.45) is 0. The van der Waals surface area contributed by atoms with Gasteiger partial charge in [-0.3, -0.25) is 4.79 Å². The first-order valence-corrected chi connectivity index (χ1v) is 5.74. The Morgan fingerprint density at radius 3 is 2.78 bits per heavy atom. The van der Waals surface area contributed by atoms with E-state index in [-0.39, 0.29) is 19.1 Å². The van der Waals surface area contributed by atoms with E-state index in [0.717, 1.165) is 0 Å². The van der Waals surface area contributed by atoms with E-state index >= 15 is 0 Å². The minimum absolute atomic E-state index is 0.0646. The number of ether oxygens (including phenoxy) is 1. The molecule has 1 aliphatic heterocycles. The highest BCUT2D eigenvalue weighted by Crippen LogP contribution is 2.30. The van der Waals surface area contributed by atoms with Crippen molar-refractivity contribution in [2.45, 2.75) is 12.5 Å². The molecule has 1 aliphatic rings. The third kappa shape index (κ3) is 2.19. The molecule has 1 saturated heterocycles. The molecule has 1 aromatic rings. The van der Waals surface area contributed by atoms with Gasteiger partial charge in [0.25, 0.3) is 5.91 Å². The van der Waals surface area contributed by atoms with Crippen LogP contribution in [0.15, 0.2) is 24.3 Å². The summed E-state index contributed by atoms with van der Waals surface area (Å²) >= 11 is 6.01. The van der Waals surface area contributed by atoms with Crippen molar-refractivity contribution in [1.82, 2.24) is 0 Å². The minimum Gasteiger partial charge on any atom is -0.479 e. The highest BCUT2D eigenvalue weighted by molar-refractivity contribution is 6.33. The largest absolute Gasteiger partial charge is 0.479 e. The highest BCUT2D eigenvalue weighted by atomic mass is 35.5. The Bertz CT molecular complexity index is 505. The minimum atomic E-state index is -1.41. The molecule has 0 saturated carbocycles. The van der Waals surface area contributed by atoms with E-state index in [1.54, 1.807) is 24.3 Å². The molecule has 2 rings (SSSR count). The number of morpholine rings is 1. The quantitative estimate of drug-likeness (QED) is 0.884. The van der Waals surface area contributed by atoms with Crippen LogP contribution < -0.4 is 4.90 Å². The van der Waals surface area contributed by atoms with Crippen molar-refractivity contribution in [3.8, 4) is 0 Å². The lowest BCUT2D eigenvalue weighted by molar-refractivity contribution is -0.168. The van der Waals surface area contributed by atoms with Crippen LogP contribution in [-0.4, -0.2) is 35.7 Å². The average Bonchev–Trinajstić information content (AvgIpc) is 2.33. The number of hydrogen-bond acceptors (Lipinski definition) is 3. The first-order chi connectivity index (χ1) is 8.44. The molecule has 96 valence electrons. The number of anilines is 1. The highest BCUT2D eigenvalue weighted by Gasteiger charge is 2.43. The van der Waals surface area contributed by atoms with Crippen LogP contribution in [0.5, 0.6) is 0 Å². The number of para-hydroxylation sites is 1. The molecule has 1 N–H and O–H groups in total. The molecule has 18 heavy (non-hydrogen) atoms. The van der Waals surface area contributed by atoms with Gasteiger partial charge >= 0.3 is 5.97 Å². The summed E-state index contributed by atoms with van der Waals surface area (Å²) in [5.41, 5.74) is -0.910. The maximum absolute atomic E-state index is 11.8. The zero-order chi connectivity index (χ0) is 13.3. The number of aliphatic carboxylic acids is 1. The molecular formula is C12H12ClNO4. The van der Waals surface area contributed by atoms with Crippen LogP contribution in [-0.2, 0) is 14.3 Å². The van der Waals surface area contributed by atoms with Gasteiger partial charge in [-0.1, -0.05) is 23.7 Å². The van der Waals surface area contributed by atoms with Gasteiger partial charge in [-0.25, -0.2) is 4.79 Å². The molecule has 1 heterocycles. The van der Waals surface area contributed by atoms with Crippen molar-refractivity contribution in [2.75, 3.05) is 18.1 Å². The molecule has 0 aliphatic carbocycles. The number of halogens is 1. The van der Waals surface area contributed by atoms with Gasteiger partial charge in [-0.15, -0.1) is 0 Å². The van der Waals surface area contributed by atoms with E-state index < -0.39 is 11.6 Å². The predicted octanol–water partition coefficient (Wildman–Crippen LogP) is 1.55. The second-order valence-corrected chi connectivity index (χ2v) is 4.66. The van der Waals surface area contributed by atoms with E-state index in [0.29, 0.717) is 10.7 Å². The van der Waals surface area contributed by atoms with Crippen LogP contribution in [0.4, 0.5) is 5.69 Å². The van der Waals surface area contributed by atoms with Gasteiger partial charge in [0.2, 0.25) is 0 Å². The van der Waals surface area contributed by atoms with Gasteiger partial charge in [0, 0.05) is 0 Å². The number of rotatable bonds is 2. The molecule has 0 bridgehead atoms. The monoisotopic (exact) mass is 269 g/mol. The van der Waals surface area contributed by atoms with Crippen molar-refractivity contribution in [2.24, 2.45) is 0 Å². The van der Waals surface area contributed by atoms with E-state index in [2.05, 4.69) is 0 Å². The molecular weight excluding hydrogens is 258 g/mol. The summed E-state index contributed by atoms with van der Waals surface area (Å²) < 4.78 is 5.10. The first-order valence-electron chi connectivity index (χ1n) is 5.36. The third-order valence-electron chi connectivity index (χ3n) is 2.87. The van der Waals surface area contributed by atoms with Crippen LogP contribution >= 0.6 is 11.6 Å². The first kappa shape index (κ1) is 12.9. The van der Waals surface area contributed by atoms with E-state index in [4.69, 9.17) is 21.4 Å². The van der Waals surface area contributed by atoms with Gasteiger partial charge in [0.05, 0.1) is 17.3 Å². The van der Waals surface area contributed by atoms with E-state index in [1.807, 2.05) is 0 Å². The van der Waals surface area contributed by atoms with Crippen LogP contribution in [0.25, 0.3) is 0 Å². The van der Waals surface area contributed by atoms with Crippen molar-refractivity contribution in [3.63, 3.8) is 0 Å². The van der Waals surface area contributed by atoms with Crippen LogP contribution in [0.2, 0.25) is 5.02 Å². The summed E-state index contributed by atoms with van der Waals surface area (Å²) in [7, 11) is 0. The zero-order valence-corrected chi connectivity index (χ0v) is 10.5. The molecule has 0 aromatic heterocycles. The van der Waals surface area contributed by atoms with Crippen molar-refractivity contribution < 1.29 is 19.4 Å². The third-order valence-corrected chi connectivity index (χ3v) is 3.19. The molecule has 6 heteroatoms. The Kier molecular flexibility index (Phi) is 3.28. The standard InChI is InChI=1S/C12H12ClNO4/c1-12(11(16)17)7-14(10(15)6-18-12)9-5-3-2-4-8(9)13/h2-5H,6-7H2,1H3,(H,16,17). The Balaban J connectivity index is 2.35. The molecule has 1 aromatic carbocycles. The average molecular weight is 270 g/mol. The normalized spacial score (nSPS) is 24.1. The van der Waals surface area contributed by atoms with Gasteiger partial charge < -0.3 is 14.7 Å². The summed E-state index contributed by atoms with van der Waals surface area (Å²) in [5.74, 6) is -1.41. The van der Waals surface area contributed by atoms with Crippen LogP contribution in [0.3, 0.4) is 0 Å². The molecule has 1 fully saturated rings. The van der Waals surface area contributed by atoms with E-state index in [1.165, 1.54) is 11.8 Å². The fourth-order valence-corrected chi connectivity index (χ4v) is 1.99. The maximum Gasteiger partial charge on any atom is 0.337 e. The number of hydrogen-bond donors (Lipinski definition) is 1. The van der Waals surface area contributed by atoms with Crippen LogP contribution in [0.1, 0.15) is 6.92 Å². The zero-order valence-electron chi connectivity index (χ0n) is 9.72. The fourth-order valence-electron chi connectivity index (χ4n) is 1.75. The Morgan fingerprint density at radius 1 is 1.50 bits per heavy atom. The molecule has 1 amide bonds. The molecule has 1 unspecified atom stereocenters. The number of nitrogens with zero attached hydrogens (tertiary/aromatic N) is 1. The lowest BCUT2D eigenvalue weighted by atomic mass is 10.0. The van der Waals surface area contributed by atoms with Gasteiger partial charge in [0.15, 0.2) is 5.60 Å². The number of carboxylic acids is 1. The summed E-state index contributed by atoms with van der Waals surface area (Å²) in [6.45, 7) is 1.10. The van der Waals surface area contributed by atoms with Crippen molar-refractivity contribution in [1.29, 1.82) is 0 Å². The molecule has 0 spiro atoms. The van der Waals surface area contributed by atoms with Gasteiger partial charge in [-0.2, -0.15) is 0 Å². The Hall–Kier alpha value is -1.59. The Morgan fingerprint density at radius 2 is 2.17 bits per heavy atom. The second-order valence-electron chi connectivity index (χ2n) is 4.26.